The van der Waals surface area contributed by atoms with Gasteiger partial charge in [-0.1, -0.05) is 54.2 Å². The third-order valence-electron chi connectivity index (χ3n) is 5.48. The molecule has 5 rings (SSSR count). The lowest BCUT2D eigenvalue weighted by Crippen LogP contribution is -2.30. The molecule has 3 aromatic carbocycles. The number of rotatable bonds is 5. The van der Waals surface area contributed by atoms with E-state index in [2.05, 4.69) is 36.1 Å². The van der Waals surface area contributed by atoms with Crippen LogP contribution in [0.2, 0.25) is 0 Å². The van der Waals surface area contributed by atoms with Crippen molar-refractivity contribution in [3.05, 3.63) is 100 Å². The molecule has 0 radical (unpaired) electrons. The maximum Gasteiger partial charge on any atom is 0.274 e. The first-order chi connectivity index (χ1) is 16.2. The first-order valence-corrected chi connectivity index (χ1v) is 12.4. The zero-order chi connectivity index (χ0) is 22.8. The smallest absolute Gasteiger partial charge is 0.274 e. The van der Waals surface area contributed by atoms with E-state index < -0.39 is 0 Å². The highest BCUT2D eigenvalue weighted by Gasteiger charge is 2.40. The summed E-state index contributed by atoms with van der Waals surface area (Å²) in [5.41, 5.74) is 2.93. The molecule has 3 aromatic rings. The van der Waals surface area contributed by atoms with Gasteiger partial charge in [-0.3, -0.25) is 14.7 Å². The fourth-order valence-corrected chi connectivity index (χ4v) is 6.27. The minimum absolute atomic E-state index is 0.126. The number of fused-ring (bicyclic) bond motifs is 1. The Morgan fingerprint density at radius 1 is 0.909 bits per heavy atom. The number of amides is 1. The molecule has 1 saturated heterocycles. The Morgan fingerprint density at radius 2 is 1.64 bits per heavy atom. The molecule has 0 spiro atoms. The molecule has 7 heteroatoms. The lowest BCUT2D eigenvalue weighted by Gasteiger charge is -2.19. The topological polar surface area (TPSA) is 35.9 Å². The van der Waals surface area contributed by atoms with Gasteiger partial charge >= 0.3 is 0 Å². The summed E-state index contributed by atoms with van der Waals surface area (Å²) in [7, 11) is 0. The van der Waals surface area contributed by atoms with Gasteiger partial charge in [-0.2, -0.15) is 0 Å². The number of nitrogens with zero attached hydrogens (tertiary/aromatic N) is 3. The summed E-state index contributed by atoms with van der Waals surface area (Å²) in [5, 5.41) is 1.55. The number of halogens is 1. The summed E-state index contributed by atoms with van der Waals surface area (Å²) in [6.07, 6.45) is 0.781. The number of hydrogen-bond donors (Lipinski definition) is 0. The Kier molecular flexibility index (Phi) is 6.24. The van der Waals surface area contributed by atoms with Crippen LogP contribution in [0.3, 0.4) is 0 Å². The standard InChI is InChI=1S/C26H22FN3OS2/c1-2-29-21-10-6-7-11-22(21)32-25(29)23-24(31)30(20-14-12-19(27)13-15-20)26(33-23)28-17-16-18-8-4-3-5-9-18/h3-15H,2,16-17H2,1H3. The van der Waals surface area contributed by atoms with Gasteiger partial charge in [-0.15, -0.1) is 0 Å². The number of anilines is 2. The van der Waals surface area contributed by atoms with Crippen LogP contribution in [-0.2, 0) is 11.2 Å². The van der Waals surface area contributed by atoms with E-state index >= 15 is 0 Å². The Hall–Kier alpha value is -3.03. The van der Waals surface area contributed by atoms with Gasteiger partial charge in [-0.25, -0.2) is 4.39 Å². The molecular formula is C26H22FN3OS2. The molecule has 4 nitrogen and oxygen atoms in total. The van der Waals surface area contributed by atoms with E-state index in [9.17, 15) is 9.18 Å². The second-order valence-corrected chi connectivity index (χ2v) is 9.58. The normalized spacial score (nSPS) is 19.0. The largest absolute Gasteiger partial charge is 0.334 e. The van der Waals surface area contributed by atoms with Gasteiger partial charge in [-0.05, 0) is 67.1 Å². The lowest BCUT2D eigenvalue weighted by molar-refractivity contribution is -0.113. The zero-order valence-electron chi connectivity index (χ0n) is 18.1. The minimum Gasteiger partial charge on any atom is -0.334 e. The number of carbonyl (C=O) groups is 1. The van der Waals surface area contributed by atoms with Crippen molar-refractivity contribution in [2.75, 3.05) is 22.9 Å². The van der Waals surface area contributed by atoms with Crippen molar-refractivity contribution in [1.82, 2.24) is 0 Å². The molecular weight excluding hydrogens is 453 g/mol. The molecule has 0 atom stereocenters. The molecule has 0 saturated carbocycles. The number of thioether (sulfide) groups is 2. The van der Waals surface area contributed by atoms with Crippen molar-refractivity contribution in [1.29, 1.82) is 0 Å². The summed E-state index contributed by atoms with van der Waals surface area (Å²) < 4.78 is 13.6. The third kappa shape index (κ3) is 4.30. The number of carbonyl (C=O) groups excluding carboxylic acids is 1. The van der Waals surface area contributed by atoms with Crippen LogP contribution >= 0.6 is 23.5 Å². The number of amidine groups is 1. The van der Waals surface area contributed by atoms with E-state index in [1.807, 2.05) is 30.3 Å². The predicted octanol–water partition coefficient (Wildman–Crippen LogP) is 6.31. The number of hydrogen-bond acceptors (Lipinski definition) is 5. The highest BCUT2D eigenvalue weighted by molar-refractivity contribution is 8.20. The summed E-state index contributed by atoms with van der Waals surface area (Å²) in [5.74, 6) is -0.461. The van der Waals surface area contributed by atoms with E-state index in [4.69, 9.17) is 4.99 Å². The maximum atomic E-state index is 13.7. The minimum atomic E-state index is -0.335. The van der Waals surface area contributed by atoms with Crippen LogP contribution in [0.15, 0.2) is 98.7 Å². The average molecular weight is 476 g/mol. The summed E-state index contributed by atoms with van der Waals surface area (Å²) in [4.78, 5) is 24.0. The van der Waals surface area contributed by atoms with Crippen molar-refractivity contribution in [3.8, 4) is 0 Å². The van der Waals surface area contributed by atoms with Gasteiger partial charge in [0, 0.05) is 18.0 Å². The van der Waals surface area contributed by atoms with Crippen LogP contribution in [0.25, 0.3) is 0 Å². The lowest BCUT2D eigenvalue weighted by atomic mass is 10.2. The first kappa shape index (κ1) is 21.8. The highest BCUT2D eigenvalue weighted by Crippen LogP contribution is 2.50. The predicted molar refractivity (Wildman–Crippen MR) is 136 cm³/mol. The van der Waals surface area contributed by atoms with E-state index in [0.717, 1.165) is 28.6 Å². The Bertz CT molecular complexity index is 1240. The molecule has 0 unspecified atom stereocenters. The fourth-order valence-electron chi connectivity index (χ4n) is 3.87. The van der Waals surface area contributed by atoms with Crippen molar-refractivity contribution in [3.63, 3.8) is 0 Å². The van der Waals surface area contributed by atoms with Gasteiger partial charge in [0.1, 0.15) is 15.8 Å². The Morgan fingerprint density at radius 3 is 2.39 bits per heavy atom. The molecule has 0 bridgehead atoms. The summed E-state index contributed by atoms with van der Waals surface area (Å²) in [6.45, 7) is 3.40. The van der Waals surface area contributed by atoms with Gasteiger partial charge in [0.05, 0.1) is 11.4 Å². The third-order valence-corrected chi connectivity index (χ3v) is 7.85. The number of para-hydroxylation sites is 1. The van der Waals surface area contributed by atoms with Crippen LogP contribution in [0.4, 0.5) is 15.8 Å². The number of aliphatic imine (C=N–C) groups is 1. The van der Waals surface area contributed by atoms with Crippen LogP contribution in [0.5, 0.6) is 0 Å². The van der Waals surface area contributed by atoms with Gasteiger partial charge in [0.2, 0.25) is 0 Å². The molecule has 0 N–H and O–H groups in total. The molecule has 33 heavy (non-hydrogen) atoms. The molecule has 0 aliphatic carbocycles. The molecule has 2 heterocycles. The van der Waals surface area contributed by atoms with Crippen LogP contribution in [0, 0.1) is 5.82 Å². The molecule has 2 aliphatic heterocycles. The second kappa shape index (κ2) is 9.45. The SMILES string of the molecule is CCN1C(=C2SC(=NCCc3ccccc3)N(c3ccc(F)cc3)C2=O)Sc2ccccc21. The first-order valence-electron chi connectivity index (χ1n) is 10.8. The molecule has 166 valence electrons. The second-order valence-electron chi connectivity index (χ2n) is 7.57. The van der Waals surface area contributed by atoms with E-state index in [0.29, 0.717) is 22.3 Å². The Balaban J connectivity index is 1.51. The van der Waals surface area contributed by atoms with E-state index in [1.54, 1.807) is 28.8 Å². The van der Waals surface area contributed by atoms with Crippen molar-refractivity contribution >= 4 is 46.0 Å². The highest BCUT2D eigenvalue weighted by atomic mass is 32.2. The quantitative estimate of drug-likeness (QED) is 0.406. The van der Waals surface area contributed by atoms with Gasteiger partial charge in [0.25, 0.3) is 5.91 Å². The van der Waals surface area contributed by atoms with Crippen molar-refractivity contribution in [2.24, 2.45) is 4.99 Å². The van der Waals surface area contributed by atoms with Crippen molar-refractivity contribution in [2.45, 2.75) is 18.2 Å². The van der Waals surface area contributed by atoms with Crippen molar-refractivity contribution < 1.29 is 9.18 Å². The fraction of sp³-hybridized carbons (Fsp3) is 0.154. The summed E-state index contributed by atoms with van der Waals surface area (Å²) >= 11 is 3.01. The summed E-state index contributed by atoms with van der Waals surface area (Å²) in [6, 6.07) is 24.3. The van der Waals surface area contributed by atoms with E-state index in [1.165, 1.54) is 29.5 Å². The monoisotopic (exact) mass is 475 g/mol. The van der Waals surface area contributed by atoms with E-state index in [-0.39, 0.29) is 11.7 Å². The molecule has 2 aliphatic rings. The average Bonchev–Trinajstić information content (AvgIpc) is 3.37. The zero-order valence-corrected chi connectivity index (χ0v) is 19.7. The van der Waals surface area contributed by atoms with Gasteiger partial charge < -0.3 is 4.90 Å². The van der Waals surface area contributed by atoms with Crippen LogP contribution < -0.4 is 9.80 Å². The van der Waals surface area contributed by atoms with Crippen LogP contribution in [0.1, 0.15) is 12.5 Å². The molecule has 0 aromatic heterocycles. The molecule has 1 fully saturated rings. The maximum absolute atomic E-state index is 13.7. The number of benzene rings is 3. The molecule has 1 amide bonds. The van der Waals surface area contributed by atoms with Crippen LogP contribution in [-0.4, -0.2) is 24.2 Å². The van der Waals surface area contributed by atoms with Gasteiger partial charge in [0.15, 0.2) is 5.17 Å². The Labute approximate surface area is 201 Å².